The van der Waals surface area contributed by atoms with E-state index < -0.39 is 0 Å². The predicted molar refractivity (Wildman–Crippen MR) is 76.7 cm³/mol. The molecule has 3 rings (SSSR count). The third kappa shape index (κ3) is 2.46. The van der Waals surface area contributed by atoms with E-state index in [0.717, 1.165) is 44.0 Å². The van der Waals surface area contributed by atoms with Gasteiger partial charge in [0.2, 0.25) is 5.91 Å². The van der Waals surface area contributed by atoms with Crippen molar-refractivity contribution in [1.82, 2.24) is 5.32 Å². The SMILES string of the molecule is O=C1CCC=NN1c1ccccc1N1CCNCC1. The second kappa shape index (κ2) is 5.40. The molecule has 2 aliphatic heterocycles. The number of amides is 1. The van der Waals surface area contributed by atoms with Crippen LogP contribution in [0.2, 0.25) is 0 Å². The Morgan fingerprint density at radius 1 is 1.11 bits per heavy atom. The molecule has 1 fully saturated rings. The van der Waals surface area contributed by atoms with Crippen molar-refractivity contribution in [2.45, 2.75) is 12.8 Å². The van der Waals surface area contributed by atoms with Gasteiger partial charge in [0.15, 0.2) is 0 Å². The zero-order valence-corrected chi connectivity index (χ0v) is 10.9. The van der Waals surface area contributed by atoms with Crippen molar-refractivity contribution in [2.24, 2.45) is 5.10 Å². The third-order valence-electron chi connectivity index (χ3n) is 3.49. The summed E-state index contributed by atoms with van der Waals surface area (Å²) < 4.78 is 0. The fourth-order valence-electron chi connectivity index (χ4n) is 2.51. The Morgan fingerprint density at radius 3 is 2.58 bits per heavy atom. The lowest BCUT2D eigenvalue weighted by molar-refractivity contribution is -0.118. The van der Waals surface area contributed by atoms with Crippen LogP contribution < -0.4 is 15.2 Å². The lowest BCUT2D eigenvalue weighted by Gasteiger charge is -2.33. The minimum atomic E-state index is 0.0742. The van der Waals surface area contributed by atoms with Gasteiger partial charge < -0.3 is 10.2 Å². The number of carbonyl (C=O) groups excluding carboxylic acids is 1. The van der Waals surface area contributed by atoms with Gasteiger partial charge in [0, 0.05) is 38.8 Å². The molecule has 5 heteroatoms. The van der Waals surface area contributed by atoms with Gasteiger partial charge >= 0.3 is 0 Å². The van der Waals surface area contributed by atoms with Gasteiger partial charge in [0.1, 0.15) is 0 Å². The second-order valence-electron chi connectivity index (χ2n) is 4.77. The fraction of sp³-hybridized carbons (Fsp3) is 0.429. The predicted octanol–water partition coefficient (Wildman–Crippen LogP) is 1.21. The van der Waals surface area contributed by atoms with Crippen molar-refractivity contribution in [3.8, 4) is 0 Å². The van der Waals surface area contributed by atoms with E-state index in [4.69, 9.17) is 0 Å². The van der Waals surface area contributed by atoms with Gasteiger partial charge in [0.05, 0.1) is 11.4 Å². The summed E-state index contributed by atoms with van der Waals surface area (Å²) in [5, 5.41) is 9.14. The number of carbonyl (C=O) groups is 1. The van der Waals surface area contributed by atoms with Crippen LogP contribution in [0.15, 0.2) is 29.4 Å². The summed E-state index contributed by atoms with van der Waals surface area (Å²) in [5.41, 5.74) is 1.99. The highest BCUT2D eigenvalue weighted by molar-refractivity contribution is 5.99. The van der Waals surface area contributed by atoms with Gasteiger partial charge in [-0.15, -0.1) is 0 Å². The number of nitrogens with zero attached hydrogens (tertiary/aromatic N) is 3. The molecule has 1 saturated heterocycles. The molecule has 1 amide bonds. The number of anilines is 2. The number of piperazine rings is 1. The molecule has 2 heterocycles. The first-order valence-electron chi connectivity index (χ1n) is 6.76. The summed E-state index contributed by atoms with van der Waals surface area (Å²) in [6.07, 6.45) is 3.10. The molecule has 0 unspecified atom stereocenters. The molecule has 0 atom stereocenters. The Kier molecular flexibility index (Phi) is 3.46. The number of benzene rings is 1. The van der Waals surface area contributed by atoms with Gasteiger partial charge in [-0.05, 0) is 18.6 Å². The Morgan fingerprint density at radius 2 is 1.84 bits per heavy atom. The quantitative estimate of drug-likeness (QED) is 0.867. The van der Waals surface area contributed by atoms with Crippen LogP contribution in [0.1, 0.15) is 12.8 Å². The fourth-order valence-corrected chi connectivity index (χ4v) is 2.51. The molecule has 0 saturated carbocycles. The van der Waals surface area contributed by atoms with E-state index in [1.807, 2.05) is 24.4 Å². The molecule has 100 valence electrons. The number of hydrogen-bond donors (Lipinski definition) is 1. The van der Waals surface area contributed by atoms with Crippen molar-refractivity contribution >= 4 is 23.5 Å². The monoisotopic (exact) mass is 258 g/mol. The summed E-state index contributed by atoms with van der Waals surface area (Å²) in [4.78, 5) is 14.3. The van der Waals surface area contributed by atoms with Gasteiger partial charge in [-0.25, -0.2) is 0 Å². The van der Waals surface area contributed by atoms with Crippen LogP contribution in [0.5, 0.6) is 0 Å². The highest BCUT2D eigenvalue weighted by Gasteiger charge is 2.22. The van der Waals surface area contributed by atoms with E-state index in [1.165, 1.54) is 0 Å². The molecule has 0 bridgehead atoms. The molecule has 1 aromatic carbocycles. The molecule has 19 heavy (non-hydrogen) atoms. The van der Waals surface area contributed by atoms with Crippen LogP contribution in [0.3, 0.4) is 0 Å². The lowest BCUT2D eigenvalue weighted by Crippen LogP contribution is -2.44. The molecule has 5 nitrogen and oxygen atoms in total. The highest BCUT2D eigenvalue weighted by atomic mass is 16.2. The smallest absolute Gasteiger partial charge is 0.247 e. The van der Waals surface area contributed by atoms with Crippen molar-refractivity contribution in [1.29, 1.82) is 0 Å². The molecule has 1 aromatic rings. The molecular formula is C14H18N4O. The van der Waals surface area contributed by atoms with Crippen LogP contribution >= 0.6 is 0 Å². The maximum Gasteiger partial charge on any atom is 0.247 e. The number of nitrogens with one attached hydrogen (secondary N) is 1. The van der Waals surface area contributed by atoms with Crippen LogP contribution in [0, 0.1) is 0 Å². The molecule has 1 N–H and O–H groups in total. The van der Waals surface area contributed by atoms with E-state index in [2.05, 4.69) is 21.4 Å². The van der Waals surface area contributed by atoms with E-state index in [1.54, 1.807) is 5.01 Å². The van der Waals surface area contributed by atoms with Crippen molar-refractivity contribution in [3.63, 3.8) is 0 Å². The Balaban J connectivity index is 1.94. The standard InChI is InChI=1S/C14H18N4O/c19-14-6-3-7-16-18(14)13-5-2-1-4-12(13)17-10-8-15-9-11-17/h1-2,4-5,7,15H,3,6,8-11H2. The topological polar surface area (TPSA) is 47.9 Å². The van der Waals surface area contributed by atoms with E-state index >= 15 is 0 Å². The van der Waals surface area contributed by atoms with Crippen molar-refractivity contribution in [2.75, 3.05) is 36.1 Å². The maximum atomic E-state index is 12.0. The Labute approximate surface area is 112 Å². The maximum absolute atomic E-state index is 12.0. The molecule has 0 aliphatic carbocycles. The van der Waals surface area contributed by atoms with E-state index in [0.29, 0.717) is 6.42 Å². The number of hydrazone groups is 1. The summed E-state index contributed by atoms with van der Waals surface area (Å²) in [5.74, 6) is 0.0742. The van der Waals surface area contributed by atoms with Crippen molar-refractivity contribution < 1.29 is 4.79 Å². The molecule has 2 aliphatic rings. The first-order valence-corrected chi connectivity index (χ1v) is 6.76. The van der Waals surface area contributed by atoms with E-state index in [9.17, 15) is 4.79 Å². The third-order valence-corrected chi connectivity index (χ3v) is 3.49. The second-order valence-corrected chi connectivity index (χ2v) is 4.77. The first-order chi connectivity index (χ1) is 9.36. The average Bonchev–Trinajstić information content (AvgIpc) is 2.49. The molecule has 0 radical (unpaired) electrons. The Hall–Kier alpha value is -1.88. The van der Waals surface area contributed by atoms with Crippen LogP contribution in [-0.2, 0) is 4.79 Å². The molecule has 0 spiro atoms. The minimum Gasteiger partial charge on any atom is -0.367 e. The Bertz CT molecular complexity index is 494. The van der Waals surface area contributed by atoms with Crippen LogP contribution in [0.4, 0.5) is 11.4 Å². The van der Waals surface area contributed by atoms with Crippen LogP contribution in [-0.4, -0.2) is 38.3 Å². The average molecular weight is 258 g/mol. The zero-order valence-electron chi connectivity index (χ0n) is 10.9. The number of hydrogen-bond acceptors (Lipinski definition) is 4. The van der Waals surface area contributed by atoms with Gasteiger partial charge in [-0.1, -0.05) is 12.1 Å². The van der Waals surface area contributed by atoms with Gasteiger partial charge in [0.25, 0.3) is 0 Å². The normalized spacial score (nSPS) is 19.9. The first kappa shape index (κ1) is 12.2. The lowest BCUT2D eigenvalue weighted by atomic mass is 10.2. The summed E-state index contributed by atoms with van der Waals surface area (Å²) >= 11 is 0. The highest BCUT2D eigenvalue weighted by Crippen LogP contribution is 2.31. The van der Waals surface area contributed by atoms with Gasteiger partial charge in [-0.2, -0.15) is 10.1 Å². The number of rotatable bonds is 2. The van der Waals surface area contributed by atoms with E-state index in [-0.39, 0.29) is 5.91 Å². The molecule has 0 aromatic heterocycles. The molecular weight excluding hydrogens is 240 g/mol. The zero-order chi connectivity index (χ0) is 13.1. The minimum absolute atomic E-state index is 0.0742. The van der Waals surface area contributed by atoms with Crippen LogP contribution in [0.25, 0.3) is 0 Å². The summed E-state index contributed by atoms with van der Waals surface area (Å²) in [6.45, 7) is 3.88. The summed E-state index contributed by atoms with van der Waals surface area (Å²) in [6, 6.07) is 8.01. The largest absolute Gasteiger partial charge is 0.367 e. The van der Waals surface area contributed by atoms with Crippen molar-refractivity contribution in [3.05, 3.63) is 24.3 Å². The number of para-hydroxylation sites is 2. The summed E-state index contributed by atoms with van der Waals surface area (Å²) in [7, 11) is 0. The van der Waals surface area contributed by atoms with Gasteiger partial charge in [-0.3, -0.25) is 4.79 Å².